The Hall–Kier alpha value is -0.700. The second-order valence-electron chi connectivity index (χ2n) is 2.66. The van der Waals surface area contributed by atoms with Gasteiger partial charge in [0.25, 0.3) is 0 Å². The molecular weight excluding hydrogens is 204 g/mol. The van der Waals surface area contributed by atoms with Gasteiger partial charge in [-0.2, -0.15) is 0 Å². The Labute approximate surface area is 73.9 Å². The zero-order valence-electron chi connectivity index (χ0n) is 6.02. The molecule has 0 spiro atoms. The molecule has 1 aliphatic heterocycles. The first-order chi connectivity index (χ1) is 5.29. The molecule has 0 fully saturated rings. The van der Waals surface area contributed by atoms with Crippen LogP contribution in [0.15, 0.2) is 16.6 Å². The first-order valence-electron chi connectivity index (χ1n) is 3.60. The molecule has 1 aromatic carbocycles. The summed E-state index contributed by atoms with van der Waals surface area (Å²) in [5.41, 5.74) is 9.16. The maximum Gasteiger partial charge on any atom is 0.0512 e. The Morgan fingerprint density at radius 2 is 2.27 bits per heavy atom. The topological polar surface area (TPSA) is 38.0 Å². The fraction of sp³-hybridized carbons (Fsp3) is 0.250. The van der Waals surface area contributed by atoms with Crippen LogP contribution in [0.4, 0.5) is 11.4 Å². The van der Waals surface area contributed by atoms with E-state index in [0.717, 1.165) is 23.1 Å². The molecule has 0 bridgehead atoms. The quantitative estimate of drug-likeness (QED) is 0.647. The molecule has 0 atom stereocenters. The van der Waals surface area contributed by atoms with Gasteiger partial charge in [-0.15, -0.1) is 0 Å². The number of benzene rings is 1. The summed E-state index contributed by atoms with van der Waals surface area (Å²) in [6.45, 7) is 1.01. The van der Waals surface area contributed by atoms with Crippen molar-refractivity contribution < 1.29 is 0 Å². The molecule has 1 aromatic rings. The Morgan fingerprint density at radius 1 is 1.45 bits per heavy atom. The molecule has 0 aliphatic carbocycles. The van der Waals surface area contributed by atoms with Crippen LogP contribution in [-0.2, 0) is 6.42 Å². The van der Waals surface area contributed by atoms with Crippen molar-refractivity contribution in [1.82, 2.24) is 0 Å². The maximum absolute atomic E-state index is 5.85. The number of nitrogens with two attached hydrogens (primary N) is 1. The van der Waals surface area contributed by atoms with Crippen molar-refractivity contribution in [2.24, 2.45) is 0 Å². The van der Waals surface area contributed by atoms with Gasteiger partial charge in [0.1, 0.15) is 0 Å². The smallest absolute Gasteiger partial charge is 0.0512 e. The van der Waals surface area contributed by atoms with Gasteiger partial charge in [0.05, 0.1) is 5.69 Å². The van der Waals surface area contributed by atoms with Gasteiger partial charge in [-0.3, -0.25) is 0 Å². The lowest BCUT2D eigenvalue weighted by atomic mass is 10.1. The predicted molar refractivity (Wildman–Crippen MR) is 50.7 cm³/mol. The van der Waals surface area contributed by atoms with E-state index >= 15 is 0 Å². The summed E-state index contributed by atoms with van der Waals surface area (Å²) in [4.78, 5) is 0. The third kappa shape index (κ3) is 0.997. The third-order valence-corrected chi connectivity index (χ3v) is 2.69. The van der Waals surface area contributed by atoms with Gasteiger partial charge >= 0.3 is 0 Å². The number of nitrogens with one attached hydrogen (secondary N) is 1. The Balaban J connectivity index is 2.62. The lowest BCUT2D eigenvalue weighted by molar-refractivity contribution is 1.11. The summed E-state index contributed by atoms with van der Waals surface area (Å²) in [7, 11) is 0. The number of halogens is 1. The van der Waals surface area contributed by atoms with E-state index < -0.39 is 0 Å². The van der Waals surface area contributed by atoms with Crippen LogP contribution in [0.5, 0.6) is 0 Å². The van der Waals surface area contributed by atoms with Gasteiger partial charge in [-0.25, -0.2) is 0 Å². The highest BCUT2D eigenvalue weighted by Gasteiger charge is 2.13. The van der Waals surface area contributed by atoms with Crippen LogP contribution in [0.3, 0.4) is 0 Å². The molecule has 0 aromatic heterocycles. The summed E-state index contributed by atoms with van der Waals surface area (Å²) in [5, 5.41) is 3.27. The van der Waals surface area contributed by atoms with Gasteiger partial charge < -0.3 is 11.1 Å². The van der Waals surface area contributed by atoms with Crippen LogP contribution in [-0.4, -0.2) is 6.54 Å². The van der Waals surface area contributed by atoms with E-state index in [0.29, 0.717) is 0 Å². The fourth-order valence-electron chi connectivity index (χ4n) is 1.39. The fourth-order valence-corrected chi connectivity index (χ4v) is 1.76. The molecule has 11 heavy (non-hydrogen) atoms. The first kappa shape index (κ1) is 6.98. The minimum Gasteiger partial charge on any atom is -0.398 e. The molecule has 0 saturated heterocycles. The molecule has 0 saturated carbocycles. The van der Waals surface area contributed by atoms with Crippen molar-refractivity contribution in [2.45, 2.75) is 6.42 Å². The predicted octanol–water partition coefficient (Wildman–Crippen LogP) is 2.00. The molecule has 1 heterocycles. The lowest BCUT2D eigenvalue weighted by Gasteiger charge is -2.04. The molecule has 2 nitrogen and oxygen atoms in total. The molecule has 0 unspecified atom stereocenters. The highest BCUT2D eigenvalue weighted by atomic mass is 79.9. The largest absolute Gasteiger partial charge is 0.398 e. The normalized spacial score (nSPS) is 14.3. The van der Waals surface area contributed by atoms with Gasteiger partial charge in [0, 0.05) is 22.3 Å². The van der Waals surface area contributed by atoms with Crippen LogP contribution < -0.4 is 11.1 Å². The average molecular weight is 213 g/mol. The zero-order valence-corrected chi connectivity index (χ0v) is 7.61. The Kier molecular flexibility index (Phi) is 1.53. The monoisotopic (exact) mass is 212 g/mol. The van der Waals surface area contributed by atoms with Crippen molar-refractivity contribution in [2.75, 3.05) is 17.6 Å². The summed E-state index contributed by atoms with van der Waals surface area (Å²) < 4.78 is 1.000. The van der Waals surface area contributed by atoms with Crippen LogP contribution in [0.1, 0.15) is 5.56 Å². The second kappa shape index (κ2) is 2.41. The van der Waals surface area contributed by atoms with E-state index in [1.807, 2.05) is 6.07 Å². The number of nitrogen functional groups attached to an aromatic ring is 1. The Bertz CT molecular complexity index is 296. The number of hydrogen-bond acceptors (Lipinski definition) is 2. The van der Waals surface area contributed by atoms with Crippen LogP contribution in [0.2, 0.25) is 0 Å². The highest BCUT2D eigenvalue weighted by molar-refractivity contribution is 9.10. The van der Waals surface area contributed by atoms with E-state index in [-0.39, 0.29) is 0 Å². The molecular formula is C8H9BrN2. The molecule has 1 aliphatic rings. The molecule has 3 heteroatoms. The summed E-state index contributed by atoms with van der Waals surface area (Å²) in [5.74, 6) is 0. The van der Waals surface area contributed by atoms with E-state index in [1.54, 1.807) is 0 Å². The van der Waals surface area contributed by atoms with Crippen LogP contribution >= 0.6 is 15.9 Å². The van der Waals surface area contributed by atoms with Crippen LogP contribution in [0.25, 0.3) is 0 Å². The Morgan fingerprint density at radius 3 is 3.09 bits per heavy atom. The lowest BCUT2D eigenvalue weighted by Crippen LogP contribution is -1.92. The average Bonchev–Trinajstić information content (AvgIpc) is 2.45. The van der Waals surface area contributed by atoms with Crippen molar-refractivity contribution in [3.63, 3.8) is 0 Å². The summed E-state index contributed by atoms with van der Waals surface area (Å²) in [6, 6.07) is 4.04. The van der Waals surface area contributed by atoms with E-state index in [9.17, 15) is 0 Å². The van der Waals surface area contributed by atoms with Gasteiger partial charge in [0.2, 0.25) is 0 Å². The third-order valence-electron chi connectivity index (χ3n) is 1.99. The number of fused-ring (bicyclic) bond motifs is 1. The first-order valence-corrected chi connectivity index (χ1v) is 4.39. The second-order valence-corrected chi connectivity index (χ2v) is 3.52. The number of anilines is 2. The van der Waals surface area contributed by atoms with Crippen molar-refractivity contribution in [1.29, 1.82) is 0 Å². The van der Waals surface area contributed by atoms with Crippen molar-refractivity contribution in [3.8, 4) is 0 Å². The maximum atomic E-state index is 5.85. The van der Waals surface area contributed by atoms with Crippen LogP contribution in [0, 0.1) is 0 Å². The number of hydrogen-bond donors (Lipinski definition) is 2. The molecule has 0 radical (unpaired) electrons. The summed E-state index contributed by atoms with van der Waals surface area (Å²) >= 11 is 3.40. The van der Waals surface area contributed by atoms with Gasteiger partial charge in [0.15, 0.2) is 0 Å². The van der Waals surface area contributed by atoms with Gasteiger partial charge in [-0.05, 0) is 34.5 Å². The summed E-state index contributed by atoms with van der Waals surface area (Å²) in [6.07, 6.45) is 1.04. The molecule has 3 N–H and O–H groups in total. The standard InChI is InChI=1S/C8H9BrN2/c9-6-1-2-7-5(8(6)10)3-4-11-7/h1-2,11H,3-4,10H2. The molecule has 2 rings (SSSR count). The van der Waals surface area contributed by atoms with E-state index in [2.05, 4.69) is 27.3 Å². The van der Waals surface area contributed by atoms with Crippen molar-refractivity contribution >= 4 is 27.3 Å². The number of rotatable bonds is 0. The minimum absolute atomic E-state index is 0.882. The van der Waals surface area contributed by atoms with Gasteiger partial charge in [-0.1, -0.05) is 0 Å². The van der Waals surface area contributed by atoms with Crippen molar-refractivity contribution in [3.05, 3.63) is 22.2 Å². The van der Waals surface area contributed by atoms with E-state index in [1.165, 1.54) is 11.3 Å². The SMILES string of the molecule is Nc1c(Br)ccc2c1CCN2. The van der Waals surface area contributed by atoms with E-state index in [4.69, 9.17) is 5.73 Å². The highest BCUT2D eigenvalue weighted by Crippen LogP contribution is 2.32. The minimum atomic E-state index is 0.882. The zero-order chi connectivity index (χ0) is 7.84. The molecule has 0 amide bonds. The molecule has 58 valence electrons.